The second-order valence-corrected chi connectivity index (χ2v) is 1.74. The van der Waals surface area contributed by atoms with Crippen molar-refractivity contribution >= 4 is 0 Å². The predicted molar refractivity (Wildman–Crippen MR) is 38.8 cm³/mol. The average Bonchev–Trinajstić information content (AvgIpc) is 1.89. The minimum atomic E-state index is 0.583. The van der Waals surface area contributed by atoms with E-state index in [1.807, 2.05) is 19.1 Å². The maximum absolute atomic E-state index is 11.6. The van der Waals surface area contributed by atoms with E-state index in [9.17, 15) is 4.39 Å². The molecule has 0 amide bonds. The SMILES string of the molecule is C\C=C/C=C\C(C)=C\F. The molecule has 0 spiro atoms. The van der Waals surface area contributed by atoms with Crippen molar-refractivity contribution in [2.45, 2.75) is 13.8 Å². The van der Waals surface area contributed by atoms with Crippen LogP contribution in [0.25, 0.3) is 0 Å². The van der Waals surface area contributed by atoms with Crippen molar-refractivity contribution in [2.24, 2.45) is 0 Å². The lowest BCUT2D eigenvalue weighted by atomic mass is 10.3. The first-order valence-corrected chi connectivity index (χ1v) is 2.87. The topological polar surface area (TPSA) is 0 Å². The van der Waals surface area contributed by atoms with E-state index >= 15 is 0 Å². The van der Waals surface area contributed by atoms with Crippen LogP contribution >= 0.6 is 0 Å². The third-order valence-electron chi connectivity index (χ3n) is 0.835. The van der Waals surface area contributed by atoms with Crippen LogP contribution in [0.15, 0.2) is 36.2 Å². The molecule has 0 aromatic heterocycles. The van der Waals surface area contributed by atoms with E-state index in [2.05, 4.69) is 0 Å². The summed E-state index contributed by atoms with van der Waals surface area (Å²) in [6, 6.07) is 0. The van der Waals surface area contributed by atoms with Crippen molar-refractivity contribution < 1.29 is 4.39 Å². The van der Waals surface area contributed by atoms with Crippen LogP contribution in [0.1, 0.15) is 13.8 Å². The standard InChI is InChI=1S/C8H11F/c1-3-4-5-6-8(2)7-9/h3-7H,1-2H3/b4-3-,6-5-,8-7+. The zero-order chi connectivity index (χ0) is 7.11. The number of halogens is 1. The third kappa shape index (κ3) is 5.01. The van der Waals surface area contributed by atoms with Gasteiger partial charge in [-0.25, -0.2) is 4.39 Å². The minimum absolute atomic E-state index is 0.583. The highest BCUT2D eigenvalue weighted by molar-refractivity contribution is 5.17. The summed E-state index contributed by atoms with van der Waals surface area (Å²) in [5, 5.41) is 0. The molecule has 0 unspecified atom stereocenters. The van der Waals surface area contributed by atoms with Gasteiger partial charge in [0, 0.05) is 0 Å². The van der Waals surface area contributed by atoms with Crippen molar-refractivity contribution in [1.29, 1.82) is 0 Å². The van der Waals surface area contributed by atoms with E-state index in [1.54, 1.807) is 19.1 Å². The smallest absolute Gasteiger partial charge is 0.0896 e. The van der Waals surface area contributed by atoms with Crippen LogP contribution in [0.4, 0.5) is 4.39 Å². The quantitative estimate of drug-likeness (QED) is 0.499. The molecule has 9 heavy (non-hydrogen) atoms. The first-order valence-electron chi connectivity index (χ1n) is 2.87. The number of allylic oxidation sites excluding steroid dienone is 5. The Morgan fingerprint density at radius 3 is 2.44 bits per heavy atom. The lowest BCUT2D eigenvalue weighted by Gasteiger charge is -1.80. The summed E-state index contributed by atoms with van der Waals surface area (Å²) in [6.07, 6.45) is 7.83. The number of hydrogen-bond acceptors (Lipinski definition) is 0. The molecule has 0 saturated heterocycles. The van der Waals surface area contributed by atoms with Gasteiger partial charge in [0.2, 0.25) is 0 Å². The van der Waals surface area contributed by atoms with Crippen LogP contribution in [0.2, 0.25) is 0 Å². The van der Waals surface area contributed by atoms with Crippen LogP contribution in [0.5, 0.6) is 0 Å². The van der Waals surface area contributed by atoms with E-state index in [-0.39, 0.29) is 0 Å². The summed E-state index contributed by atoms with van der Waals surface area (Å²) in [4.78, 5) is 0. The molecular formula is C8H11F. The van der Waals surface area contributed by atoms with Gasteiger partial charge in [-0.1, -0.05) is 24.3 Å². The summed E-state index contributed by atoms with van der Waals surface area (Å²) in [5.74, 6) is 0. The molecule has 0 aromatic rings. The Kier molecular flexibility index (Phi) is 4.79. The normalized spacial score (nSPS) is 13.9. The Labute approximate surface area is 55.4 Å². The van der Waals surface area contributed by atoms with Crippen LogP contribution in [-0.2, 0) is 0 Å². The number of hydrogen-bond donors (Lipinski definition) is 0. The molecule has 0 radical (unpaired) electrons. The van der Waals surface area contributed by atoms with Gasteiger partial charge in [-0.05, 0) is 19.4 Å². The fourth-order valence-corrected chi connectivity index (χ4v) is 0.355. The van der Waals surface area contributed by atoms with Crippen molar-refractivity contribution in [3.63, 3.8) is 0 Å². The molecule has 0 aromatic carbocycles. The lowest BCUT2D eigenvalue weighted by molar-refractivity contribution is 0.713. The van der Waals surface area contributed by atoms with Gasteiger partial charge in [0.05, 0.1) is 6.33 Å². The molecule has 0 atom stereocenters. The maximum Gasteiger partial charge on any atom is 0.0896 e. The average molecular weight is 126 g/mol. The maximum atomic E-state index is 11.6. The molecule has 50 valence electrons. The van der Waals surface area contributed by atoms with Crippen molar-refractivity contribution in [1.82, 2.24) is 0 Å². The summed E-state index contributed by atoms with van der Waals surface area (Å²) < 4.78 is 11.6. The highest BCUT2D eigenvalue weighted by Gasteiger charge is 1.74. The number of rotatable bonds is 2. The van der Waals surface area contributed by atoms with E-state index in [0.717, 1.165) is 0 Å². The van der Waals surface area contributed by atoms with Gasteiger partial charge in [0.25, 0.3) is 0 Å². The second kappa shape index (κ2) is 5.29. The summed E-state index contributed by atoms with van der Waals surface area (Å²) >= 11 is 0. The lowest BCUT2D eigenvalue weighted by Crippen LogP contribution is -1.60. The molecule has 0 aliphatic heterocycles. The molecule has 0 bridgehead atoms. The van der Waals surface area contributed by atoms with Crippen molar-refractivity contribution in [2.75, 3.05) is 0 Å². The molecular weight excluding hydrogens is 115 g/mol. The molecule has 0 saturated carbocycles. The summed E-state index contributed by atoms with van der Waals surface area (Å²) in [5.41, 5.74) is 0.633. The monoisotopic (exact) mass is 126 g/mol. The third-order valence-corrected chi connectivity index (χ3v) is 0.835. The molecule has 0 aliphatic rings. The highest BCUT2D eigenvalue weighted by Crippen LogP contribution is 1.94. The van der Waals surface area contributed by atoms with E-state index < -0.39 is 0 Å². The fraction of sp³-hybridized carbons (Fsp3) is 0.250. The van der Waals surface area contributed by atoms with Crippen LogP contribution < -0.4 is 0 Å². The van der Waals surface area contributed by atoms with Gasteiger partial charge in [-0.2, -0.15) is 0 Å². The minimum Gasteiger partial charge on any atom is -0.215 e. The molecule has 0 rings (SSSR count). The van der Waals surface area contributed by atoms with E-state index in [0.29, 0.717) is 11.9 Å². The molecule has 0 aliphatic carbocycles. The second-order valence-electron chi connectivity index (χ2n) is 1.74. The zero-order valence-corrected chi connectivity index (χ0v) is 5.76. The Hall–Kier alpha value is -0.850. The summed E-state index contributed by atoms with van der Waals surface area (Å²) in [7, 11) is 0. The van der Waals surface area contributed by atoms with Gasteiger partial charge in [-0.3, -0.25) is 0 Å². The molecule has 0 heterocycles. The van der Waals surface area contributed by atoms with E-state index in [1.165, 1.54) is 0 Å². The zero-order valence-electron chi connectivity index (χ0n) is 5.76. The Morgan fingerprint density at radius 1 is 1.33 bits per heavy atom. The predicted octanol–water partition coefficient (Wildman–Crippen LogP) is 2.99. The molecule has 0 N–H and O–H groups in total. The Morgan fingerprint density at radius 2 is 2.00 bits per heavy atom. The van der Waals surface area contributed by atoms with Crippen LogP contribution in [0.3, 0.4) is 0 Å². The molecule has 1 heteroatoms. The highest BCUT2D eigenvalue weighted by atomic mass is 19.1. The molecule has 0 fully saturated rings. The fourth-order valence-electron chi connectivity index (χ4n) is 0.355. The Balaban J connectivity index is 3.71. The van der Waals surface area contributed by atoms with Crippen molar-refractivity contribution in [3.05, 3.63) is 36.2 Å². The van der Waals surface area contributed by atoms with Gasteiger partial charge in [-0.15, -0.1) is 0 Å². The van der Waals surface area contributed by atoms with Gasteiger partial charge >= 0.3 is 0 Å². The van der Waals surface area contributed by atoms with Crippen LogP contribution in [0, 0.1) is 0 Å². The largest absolute Gasteiger partial charge is 0.215 e. The van der Waals surface area contributed by atoms with Gasteiger partial charge < -0.3 is 0 Å². The van der Waals surface area contributed by atoms with Gasteiger partial charge in [0.15, 0.2) is 0 Å². The van der Waals surface area contributed by atoms with E-state index in [4.69, 9.17) is 0 Å². The first-order chi connectivity index (χ1) is 4.31. The van der Waals surface area contributed by atoms with Gasteiger partial charge in [0.1, 0.15) is 0 Å². The molecule has 0 nitrogen and oxygen atoms in total. The summed E-state index contributed by atoms with van der Waals surface area (Å²) in [6.45, 7) is 3.62. The van der Waals surface area contributed by atoms with Crippen LogP contribution in [-0.4, -0.2) is 0 Å². The Bertz CT molecular complexity index is 141. The van der Waals surface area contributed by atoms with Crippen molar-refractivity contribution in [3.8, 4) is 0 Å². The first kappa shape index (κ1) is 8.15.